The molecule has 2 rings (SSSR count). The van der Waals surface area contributed by atoms with Crippen LogP contribution in [0.1, 0.15) is 46.6 Å². The van der Waals surface area contributed by atoms with E-state index in [0.29, 0.717) is 6.42 Å². The van der Waals surface area contributed by atoms with E-state index in [2.05, 4.69) is 20.9 Å². The summed E-state index contributed by atoms with van der Waals surface area (Å²) in [7, 11) is 0. The molecule has 192 valence electrons. The van der Waals surface area contributed by atoms with Crippen LogP contribution in [0, 0.1) is 11.8 Å². The van der Waals surface area contributed by atoms with Crippen LogP contribution in [0.2, 0.25) is 0 Å². The number of H-pyrrole nitrogens is 1. The number of carboxylic acids is 1. The minimum absolute atomic E-state index is 0.276. The maximum Gasteiger partial charge on any atom is 0.326 e. The lowest BCUT2D eigenvalue weighted by Gasteiger charge is -2.26. The molecule has 5 atom stereocenters. The summed E-state index contributed by atoms with van der Waals surface area (Å²) in [6.07, 6.45) is 2.67. The molecular weight excluding hydrogens is 450 g/mol. The van der Waals surface area contributed by atoms with E-state index in [1.165, 1.54) is 6.92 Å². The maximum absolute atomic E-state index is 12.9. The Hall–Kier alpha value is -3.40. The zero-order chi connectivity index (χ0) is 26.3. The molecule has 0 aliphatic heterocycles. The molecule has 0 bridgehead atoms. The predicted molar refractivity (Wildman–Crippen MR) is 133 cm³/mol. The van der Waals surface area contributed by atoms with Crippen molar-refractivity contribution in [2.45, 2.75) is 71.6 Å². The second kappa shape index (κ2) is 12.3. The van der Waals surface area contributed by atoms with Gasteiger partial charge in [0.05, 0.1) is 6.04 Å². The third kappa shape index (κ3) is 7.29. The summed E-state index contributed by atoms with van der Waals surface area (Å²) in [6.45, 7) is 8.56. The maximum atomic E-state index is 12.9. The second-order valence-corrected chi connectivity index (χ2v) is 9.34. The highest BCUT2D eigenvalue weighted by atomic mass is 16.4. The van der Waals surface area contributed by atoms with E-state index in [-0.39, 0.29) is 18.3 Å². The minimum Gasteiger partial charge on any atom is -0.480 e. The molecule has 0 radical (unpaired) electrons. The van der Waals surface area contributed by atoms with Gasteiger partial charge in [-0.25, -0.2) is 4.79 Å². The van der Waals surface area contributed by atoms with Crippen molar-refractivity contribution in [3.8, 4) is 0 Å². The molecule has 35 heavy (non-hydrogen) atoms. The summed E-state index contributed by atoms with van der Waals surface area (Å²) in [4.78, 5) is 52.8. The van der Waals surface area contributed by atoms with Crippen LogP contribution in [-0.4, -0.2) is 57.9 Å². The van der Waals surface area contributed by atoms with Crippen molar-refractivity contribution >= 4 is 34.6 Å². The number of carboxylic acid groups (broad SMARTS) is 1. The third-order valence-corrected chi connectivity index (χ3v) is 6.23. The quantitative estimate of drug-likeness (QED) is 0.264. The molecule has 0 saturated heterocycles. The lowest BCUT2D eigenvalue weighted by atomic mass is 9.99. The van der Waals surface area contributed by atoms with Gasteiger partial charge in [0.25, 0.3) is 0 Å². The zero-order valence-electron chi connectivity index (χ0n) is 20.9. The molecule has 10 nitrogen and oxygen atoms in total. The number of rotatable bonds is 12. The first kappa shape index (κ1) is 27.8. The summed E-state index contributed by atoms with van der Waals surface area (Å²) < 4.78 is 0. The fraction of sp³-hybridized carbons (Fsp3) is 0.520. The molecule has 0 saturated carbocycles. The lowest BCUT2D eigenvalue weighted by Crippen LogP contribution is -2.58. The number of fused-ring (bicyclic) bond motifs is 1. The van der Waals surface area contributed by atoms with Crippen LogP contribution in [0.25, 0.3) is 10.9 Å². The van der Waals surface area contributed by atoms with Gasteiger partial charge in [-0.15, -0.1) is 0 Å². The number of hydrogen-bond donors (Lipinski definition) is 6. The summed E-state index contributed by atoms with van der Waals surface area (Å²) in [5.41, 5.74) is 7.99. The van der Waals surface area contributed by atoms with Crippen molar-refractivity contribution < 1.29 is 24.3 Å². The van der Waals surface area contributed by atoms with Crippen LogP contribution in [0.5, 0.6) is 0 Å². The number of para-hydroxylation sites is 1. The first-order valence-electron chi connectivity index (χ1n) is 11.9. The molecule has 1 aromatic heterocycles. The number of nitrogens with two attached hydrogens (primary N) is 1. The molecule has 0 aliphatic carbocycles. The van der Waals surface area contributed by atoms with Gasteiger partial charge < -0.3 is 31.8 Å². The number of nitrogens with one attached hydrogen (secondary N) is 4. The number of aromatic nitrogens is 1. The van der Waals surface area contributed by atoms with Gasteiger partial charge in [-0.1, -0.05) is 52.3 Å². The van der Waals surface area contributed by atoms with E-state index in [1.807, 2.05) is 37.4 Å². The van der Waals surface area contributed by atoms with Crippen LogP contribution in [0.15, 0.2) is 30.5 Å². The van der Waals surface area contributed by atoms with Gasteiger partial charge in [0.1, 0.15) is 18.1 Å². The number of benzene rings is 1. The fourth-order valence-electron chi connectivity index (χ4n) is 3.76. The highest BCUT2D eigenvalue weighted by Crippen LogP contribution is 2.19. The number of hydrogen-bond acceptors (Lipinski definition) is 5. The second-order valence-electron chi connectivity index (χ2n) is 9.34. The summed E-state index contributed by atoms with van der Waals surface area (Å²) in [6, 6.07) is 3.84. The Balaban J connectivity index is 2.00. The van der Waals surface area contributed by atoms with E-state index in [1.54, 1.807) is 20.8 Å². The summed E-state index contributed by atoms with van der Waals surface area (Å²) in [5.74, 6) is -3.34. The summed E-state index contributed by atoms with van der Waals surface area (Å²) >= 11 is 0. The SMILES string of the molecule is CCC(C)C(NC(=O)C(C)NC(=O)C(NC(=O)C(N)Cc1c[nH]c2ccccc12)C(C)C)C(=O)O. The molecule has 5 unspecified atom stereocenters. The van der Waals surface area contributed by atoms with Crippen molar-refractivity contribution in [3.05, 3.63) is 36.0 Å². The topological polar surface area (TPSA) is 166 Å². The molecular formula is C25H37N5O5. The van der Waals surface area contributed by atoms with Crippen LogP contribution >= 0.6 is 0 Å². The Morgan fingerprint density at radius 1 is 0.943 bits per heavy atom. The largest absolute Gasteiger partial charge is 0.480 e. The molecule has 1 heterocycles. The molecule has 1 aromatic carbocycles. The predicted octanol–water partition coefficient (Wildman–Crippen LogP) is 1.30. The average molecular weight is 488 g/mol. The Bertz CT molecular complexity index is 1050. The molecule has 3 amide bonds. The molecule has 0 fully saturated rings. The zero-order valence-corrected chi connectivity index (χ0v) is 20.9. The molecule has 0 spiro atoms. The molecule has 7 N–H and O–H groups in total. The van der Waals surface area contributed by atoms with Crippen molar-refractivity contribution in [1.29, 1.82) is 0 Å². The number of amides is 3. The standard InChI is InChI=1S/C25H37N5O5/c1-6-14(4)21(25(34)35)30-22(31)15(5)28-24(33)20(13(2)3)29-23(32)18(26)11-16-12-27-19-10-8-7-9-17(16)19/h7-10,12-15,18,20-21,27H,6,11,26H2,1-5H3,(H,28,33)(H,29,32)(H,30,31)(H,34,35). The van der Waals surface area contributed by atoms with Crippen LogP contribution < -0.4 is 21.7 Å². The van der Waals surface area contributed by atoms with Gasteiger partial charge in [-0.2, -0.15) is 0 Å². The number of aliphatic carboxylic acids is 1. The van der Waals surface area contributed by atoms with E-state index in [9.17, 15) is 24.3 Å². The van der Waals surface area contributed by atoms with Crippen LogP contribution in [0.4, 0.5) is 0 Å². The van der Waals surface area contributed by atoms with Gasteiger partial charge in [-0.05, 0) is 36.8 Å². The highest BCUT2D eigenvalue weighted by Gasteiger charge is 2.31. The third-order valence-electron chi connectivity index (χ3n) is 6.23. The van der Waals surface area contributed by atoms with Crippen molar-refractivity contribution in [1.82, 2.24) is 20.9 Å². The Labute approximate surface area is 205 Å². The Morgan fingerprint density at radius 2 is 1.57 bits per heavy atom. The highest BCUT2D eigenvalue weighted by molar-refractivity contribution is 5.94. The van der Waals surface area contributed by atoms with Crippen molar-refractivity contribution in [3.63, 3.8) is 0 Å². The monoisotopic (exact) mass is 487 g/mol. The number of aromatic amines is 1. The van der Waals surface area contributed by atoms with E-state index >= 15 is 0 Å². The smallest absolute Gasteiger partial charge is 0.326 e. The van der Waals surface area contributed by atoms with Crippen molar-refractivity contribution in [2.75, 3.05) is 0 Å². The first-order valence-corrected chi connectivity index (χ1v) is 11.9. The van der Waals surface area contributed by atoms with Gasteiger partial charge in [0.15, 0.2) is 0 Å². The van der Waals surface area contributed by atoms with Gasteiger partial charge in [0, 0.05) is 17.1 Å². The van der Waals surface area contributed by atoms with E-state index < -0.39 is 47.9 Å². The van der Waals surface area contributed by atoms with Gasteiger partial charge in [-0.3, -0.25) is 14.4 Å². The average Bonchev–Trinajstić information content (AvgIpc) is 3.22. The molecule has 10 heteroatoms. The van der Waals surface area contributed by atoms with E-state index in [4.69, 9.17) is 5.73 Å². The Morgan fingerprint density at radius 3 is 2.17 bits per heavy atom. The van der Waals surface area contributed by atoms with Gasteiger partial charge >= 0.3 is 5.97 Å². The number of carbonyl (C=O) groups is 4. The van der Waals surface area contributed by atoms with Crippen molar-refractivity contribution in [2.24, 2.45) is 17.6 Å². The molecule has 2 aromatic rings. The first-order chi connectivity index (χ1) is 16.5. The number of carbonyl (C=O) groups excluding carboxylic acids is 3. The van der Waals surface area contributed by atoms with Crippen LogP contribution in [-0.2, 0) is 25.6 Å². The van der Waals surface area contributed by atoms with Crippen LogP contribution in [0.3, 0.4) is 0 Å². The Kier molecular flexibility index (Phi) is 9.82. The lowest BCUT2D eigenvalue weighted by molar-refractivity contribution is -0.143. The normalized spacial score (nSPS) is 15.6. The van der Waals surface area contributed by atoms with Gasteiger partial charge in [0.2, 0.25) is 17.7 Å². The molecule has 0 aliphatic rings. The van der Waals surface area contributed by atoms with E-state index in [0.717, 1.165) is 16.5 Å². The summed E-state index contributed by atoms with van der Waals surface area (Å²) in [5, 5.41) is 18.1. The minimum atomic E-state index is -1.14. The fourth-order valence-corrected chi connectivity index (χ4v) is 3.76.